The number of H-pyrrole nitrogens is 1. The number of carbonyl (C=O) groups is 2. The maximum atomic E-state index is 14.9. The van der Waals surface area contributed by atoms with Crippen molar-refractivity contribution in [2.45, 2.75) is 12.6 Å². The van der Waals surface area contributed by atoms with Gasteiger partial charge in [0.05, 0.1) is 17.0 Å². The zero-order chi connectivity index (χ0) is 23.4. The normalized spacial score (nSPS) is 16.9. The minimum atomic E-state index is -1.23. The Labute approximate surface area is 199 Å². The summed E-state index contributed by atoms with van der Waals surface area (Å²) >= 11 is 6.38. The molecule has 0 spiro atoms. The van der Waals surface area contributed by atoms with Crippen LogP contribution in [0.5, 0.6) is 0 Å². The SMILES string of the molecule is O=C(N[C@@H]1N=C(c2ccccc2F)c2cc(Cl)cc3c2N(CC3)C1=O)c1c[nH]c2ccccc12. The Hall–Kier alpha value is -3.97. The minimum Gasteiger partial charge on any atom is -0.360 e. The van der Waals surface area contributed by atoms with Gasteiger partial charge >= 0.3 is 0 Å². The average Bonchev–Trinajstić information content (AvgIpc) is 3.43. The Balaban J connectivity index is 1.49. The fourth-order valence-corrected chi connectivity index (χ4v) is 4.98. The molecule has 0 saturated heterocycles. The summed E-state index contributed by atoms with van der Waals surface area (Å²) in [4.78, 5) is 36.1. The number of aliphatic imine (C=N–C) groups is 1. The van der Waals surface area contributed by atoms with Crippen molar-refractivity contribution in [2.24, 2.45) is 4.99 Å². The highest BCUT2D eigenvalue weighted by Crippen LogP contribution is 2.38. The second-order valence-corrected chi connectivity index (χ2v) is 8.72. The molecule has 0 bridgehead atoms. The van der Waals surface area contributed by atoms with E-state index in [9.17, 15) is 14.0 Å². The molecule has 2 N–H and O–H groups in total. The van der Waals surface area contributed by atoms with Gasteiger partial charge in [0.1, 0.15) is 5.82 Å². The first-order valence-electron chi connectivity index (χ1n) is 10.8. The van der Waals surface area contributed by atoms with Gasteiger partial charge in [0.25, 0.3) is 11.8 Å². The van der Waals surface area contributed by atoms with Gasteiger partial charge in [-0.1, -0.05) is 41.9 Å². The molecule has 3 aromatic carbocycles. The summed E-state index contributed by atoms with van der Waals surface area (Å²) in [5.41, 5.74) is 3.85. The predicted molar refractivity (Wildman–Crippen MR) is 129 cm³/mol. The van der Waals surface area contributed by atoms with Crippen LogP contribution >= 0.6 is 11.6 Å². The number of fused-ring (bicyclic) bond motifs is 1. The third-order valence-corrected chi connectivity index (χ3v) is 6.49. The van der Waals surface area contributed by atoms with Gasteiger partial charge < -0.3 is 15.2 Å². The van der Waals surface area contributed by atoms with E-state index in [2.05, 4.69) is 15.3 Å². The van der Waals surface area contributed by atoms with E-state index < -0.39 is 17.9 Å². The number of hydrogen-bond acceptors (Lipinski definition) is 3. The number of aromatic nitrogens is 1. The number of halogens is 2. The zero-order valence-electron chi connectivity index (χ0n) is 17.8. The zero-order valence-corrected chi connectivity index (χ0v) is 18.6. The Bertz CT molecular complexity index is 1530. The molecule has 34 heavy (non-hydrogen) atoms. The maximum Gasteiger partial charge on any atom is 0.272 e. The molecule has 6 nitrogen and oxygen atoms in total. The Kier molecular flexibility index (Phi) is 4.74. The summed E-state index contributed by atoms with van der Waals surface area (Å²) in [5, 5.41) is 3.98. The van der Waals surface area contributed by atoms with Gasteiger partial charge in [-0.15, -0.1) is 0 Å². The molecular formula is C26H18ClFN4O2. The molecule has 4 aromatic rings. The Morgan fingerprint density at radius 1 is 1.12 bits per heavy atom. The van der Waals surface area contributed by atoms with Crippen LogP contribution in [0.15, 0.2) is 71.9 Å². The molecule has 0 radical (unpaired) electrons. The number of benzene rings is 3. The highest BCUT2D eigenvalue weighted by molar-refractivity contribution is 6.32. The van der Waals surface area contributed by atoms with Crippen LogP contribution < -0.4 is 10.2 Å². The van der Waals surface area contributed by atoms with Crippen LogP contribution in [0.2, 0.25) is 5.02 Å². The molecule has 6 rings (SSSR count). The number of hydrogen-bond donors (Lipinski definition) is 2. The van der Waals surface area contributed by atoms with Crippen molar-refractivity contribution in [1.82, 2.24) is 10.3 Å². The highest BCUT2D eigenvalue weighted by atomic mass is 35.5. The van der Waals surface area contributed by atoms with Crippen molar-refractivity contribution in [1.29, 1.82) is 0 Å². The fraction of sp³-hybridized carbons (Fsp3) is 0.115. The molecule has 2 aliphatic rings. The van der Waals surface area contributed by atoms with Gasteiger partial charge in [0.15, 0.2) is 0 Å². The topological polar surface area (TPSA) is 77.6 Å². The van der Waals surface area contributed by atoms with Crippen LogP contribution in [0.25, 0.3) is 10.9 Å². The molecule has 1 atom stereocenters. The van der Waals surface area contributed by atoms with E-state index >= 15 is 0 Å². The highest BCUT2D eigenvalue weighted by Gasteiger charge is 2.38. The summed E-state index contributed by atoms with van der Waals surface area (Å²) in [6.45, 7) is 0.432. The summed E-state index contributed by atoms with van der Waals surface area (Å²) < 4.78 is 14.9. The fourth-order valence-electron chi connectivity index (χ4n) is 4.73. The number of rotatable bonds is 3. The first-order valence-corrected chi connectivity index (χ1v) is 11.2. The lowest BCUT2D eigenvalue weighted by Gasteiger charge is -2.21. The van der Waals surface area contributed by atoms with Crippen LogP contribution in [-0.2, 0) is 11.2 Å². The molecule has 0 fully saturated rings. The van der Waals surface area contributed by atoms with E-state index in [1.165, 1.54) is 6.07 Å². The second-order valence-electron chi connectivity index (χ2n) is 8.28. The third kappa shape index (κ3) is 3.20. The average molecular weight is 473 g/mol. The van der Waals surface area contributed by atoms with E-state index in [4.69, 9.17) is 11.6 Å². The monoisotopic (exact) mass is 472 g/mol. The molecule has 1 aromatic heterocycles. The molecule has 0 aliphatic carbocycles. The molecule has 3 heterocycles. The standard InChI is InChI=1S/C26H18ClFN4O2/c27-15-11-14-9-10-32-23(14)18(12-15)22(17-6-1-3-7-20(17)28)30-24(26(32)34)31-25(33)19-13-29-21-8-4-2-5-16(19)21/h1-8,11-13,24,29H,9-10H2,(H,31,33)/t24-/m0/s1. The molecular weight excluding hydrogens is 455 g/mol. The van der Waals surface area contributed by atoms with E-state index in [-0.39, 0.29) is 17.2 Å². The number of anilines is 1. The van der Waals surface area contributed by atoms with Crippen LogP contribution in [0.3, 0.4) is 0 Å². The number of nitrogens with one attached hydrogen (secondary N) is 2. The maximum absolute atomic E-state index is 14.9. The summed E-state index contributed by atoms with van der Waals surface area (Å²) in [5.74, 6) is -1.30. The molecule has 8 heteroatoms. The van der Waals surface area contributed by atoms with Crippen LogP contribution in [0.4, 0.5) is 10.1 Å². The molecule has 168 valence electrons. The van der Waals surface area contributed by atoms with Crippen molar-refractivity contribution < 1.29 is 14.0 Å². The molecule has 2 amide bonds. The largest absolute Gasteiger partial charge is 0.360 e. The van der Waals surface area contributed by atoms with Gasteiger partial charge in [-0.25, -0.2) is 9.38 Å². The van der Waals surface area contributed by atoms with Crippen molar-refractivity contribution in [2.75, 3.05) is 11.4 Å². The molecule has 2 aliphatic heterocycles. The number of aromatic amines is 1. The number of nitrogens with zero attached hydrogens (tertiary/aromatic N) is 2. The van der Waals surface area contributed by atoms with Gasteiger partial charge in [0.2, 0.25) is 6.17 Å². The van der Waals surface area contributed by atoms with Crippen LogP contribution in [0.1, 0.15) is 27.0 Å². The van der Waals surface area contributed by atoms with Crippen LogP contribution in [-0.4, -0.2) is 35.2 Å². The van der Waals surface area contributed by atoms with Crippen molar-refractivity contribution in [3.8, 4) is 0 Å². The first-order chi connectivity index (χ1) is 16.5. The second kappa shape index (κ2) is 7.81. The van der Waals surface area contributed by atoms with E-state index in [0.29, 0.717) is 34.8 Å². The summed E-state index contributed by atoms with van der Waals surface area (Å²) in [7, 11) is 0. The first kappa shape index (κ1) is 20.6. The molecule has 0 unspecified atom stereocenters. The lowest BCUT2D eigenvalue weighted by molar-refractivity contribution is -0.120. The lowest BCUT2D eigenvalue weighted by atomic mass is 9.97. The summed E-state index contributed by atoms with van der Waals surface area (Å²) in [6, 6.07) is 17.2. The predicted octanol–water partition coefficient (Wildman–Crippen LogP) is 4.46. The Morgan fingerprint density at radius 3 is 2.76 bits per heavy atom. The van der Waals surface area contributed by atoms with Gasteiger partial charge in [-0.05, 0) is 42.3 Å². The molecule has 0 saturated carbocycles. The van der Waals surface area contributed by atoms with Crippen molar-refractivity contribution in [3.63, 3.8) is 0 Å². The van der Waals surface area contributed by atoms with Gasteiger partial charge in [0, 0.05) is 39.8 Å². The number of carbonyl (C=O) groups excluding carboxylic acids is 2. The smallest absolute Gasteiger partial charge is 0.272 e. The number of amides is 2. The quantitative estimate of drug-likeness (QED) is 0.462. The van der Waals surface area contributed by atoms with Gasteiger partial charge in [-0.3, -0.25) is 9.59 Å². The van der Waals surface area contributed by atoms with Crippen LogP contribution in [0, 0.1) is 5.82 Å². The van der Waals surface area contributed by atoms with Crippen molar-refractivity contribution in [3.05, 3.63) is 100.0 Å². The summed E-state index contributed by atoms with van der Waals surface area (Å²) in [6.07, 6.45) is 0.987. The van der Waals surface area contributed by atoms with E-state index in [0.717, 1.165) is 16.5 Å². The third-order valence-electron chi connectivity index (χ3n) is 6.27. The van der Waals surface area contributed by atoms with Crippen molar-refractivity contribution >= 4 is 45.7 Å². The van der Waals surface area contributed by atoms with E-state index in [1.807, 2.05) is 30.3 Å². The Morgan fingerprint density at radius 2 is 1.91 bits per heavy atom. The van der Waals surface area contributed by atoms with E-state index in [1.54, 1.807) is 35.4 Å². The lowest BCUT2D eigenvalue weighted by Crippen LogP contribution is -2.46. The number of para-hydroxylation sites is 1. The van der Waals surface area contributed by atoms with Gasteiger partial charge in [-0.2, -0.15) is 0 Å². The minimum absolute atomic E-state index is 0.236.